The molecule has 24 heavy (non-hydrogen) atoms. The van der Waals surface area contributed by atoms with Crippen molar-refractivity contribution < 1.29 is 4.39 Å². The van der Waals surface area contributed by atoms with Crippen molar-refractivity contribution in [3.05, 3.63) is 48.1 Å². The maximum absolute atomic E-state index is 13.4. The number of benzene rings is 1. The Morgan fingerprint density at radius 3 is 3.08 bits per heavy atom. The fraction of sp³-hybridized carbons (Fsp3) is 0.444. The molecule has 0 bridgehead atoms. The number of hydrogen-bond acceptors (Lipinski definition) is 3. The van der Waals surface area contributed by atoms with E-state index in [0.717, 1.165) is 48.6 Å². The average molecular weight is 327 g/mol. The Balaban J connectivity index is 1.60. The number of halogens is 1. The van der Waals surface area contributed by atoms with Crippen LogP contribution in [0.25, 0.3) is 11.0 Å². The fourth-order valence-corrected chi connectivity index (χ4v) is 3.60. The molecule has 3 aromatic rings. The highest BCUT2D eigenvalue weighted by atomic mass is 19.1. The van der Waals surface area contributed by atoms with E-state index in [1.807, 2.05) is 12.4 Å². The number of aromatic amines is 1. The van der Waals surface area contributed by atoms with Crippen molar-refractivity contribution in [1.82, 2.24) is 24.4 Å². The van der Waals surface area contributed by atoms with E-state index in [1.54, 1.807) is 6.07 Å². The van der Waals surface area contributed by atoms with Gasteiger partial charge in [0.1, 0.15) is 17.5 Å². The summed E-state index contributed by atoms with van der Waals surface area (Å²) in [5, 5.41) is 0. The second kappa shape index (κ2) is 6.02. The van der Waals surface area contributed by atoms with E-state index in [4.69, 9.17) is 0 Å². The van der Waals surface area contributed by atoms with Crippen LogP contribution in [0.3, 0.4) is 0 Å². The van der Waals surface area contributed by atoms with E-state index in [2.05, 4.69) is 38.3 Å². The zero-order chi connectivity index (χ0) is 16.7. The molecule has 1 atom stereocenters. The van der Waals surface area contributed by atoms with E-state index in [1.165, 1.54) is 12.1 Å². The molecule has 2 aromatic heterocycles. The predicted octanol–water partition coefficient (Wildman–Crippen LogP) is 3.82. The van der Waals surface area contributed by atoms with Crippen molar-refractivity contribution in [1.29, 1.82) is 0 Å². The first-order valence-corrected chi connectivity index (χ1v) is 8.53. The van der Waals surface area contributed by atoms with Gasteiger partial charge in [-0.15, -0.1) is 0 Å². The van der Waals surface area contributed by atoms with E-state index in [-0.39, 0.29) is 11.9 Å². The number of nitrogens with one attached hydrogen (secondary N) is 1. The van der Waals surface area contributed by atoms with Crippen LogP contribution < -0.4 is 0 Å². The van der Waals surface area contributed by atoms with Crippen LogP contribution in [0, 0.1) is 5.82 Å². The lowest BCUT2D eigenvalue weighted by molar-refractivity contribution is 0.230. The predicted molar refractivity (Wildman–Crippen MR) is 91.0 cm³/mol. The Morgan fingerprint density at radius 1 is 1.38 bits per heavy atom. The quantitative estimate of drug-likeness (QED) is 0.792. The lowest BCUT2D eigenvalue weighted by Crippen LogP contribution is -2.25. The monoisotopic (exact) mass is 327 g/mol. The minimum absolute atomic E-state index is 0.234. The van der Waals surface area contributed by atoms with Gasteiger partial charge in [0, 0.05) is 18.4 Å². The van der Waals surface area contributed by atoms with Gasteiger partial charge in [-0.1, -0.05) is 0 Å². The smallest absolute Gasteiger partial charge is 0.125 e. The first-order chi connectivity index (χ1) is 11.6. The van der Waals surface area contributed by atoms with Gasteiger partial charge in [-0.2, -0.15) is 0 Å². The zero-order valence-electron chi connectivity index (χ0n) is 14.0. The molecule has 0 amide bonds. The summed E-state index contributed by atoms with van der Waals surface area (Å²) in [6, 6.07) is 5.33. The third-order valence-electron chi connectivity index (χ3n) is 4.79. The molecule has 0 saturated carbocycles. The average Bonchev–Trinajstić information content (AvgIpc) is 3.25. The molecular weight excluding hydrogens is 305 g/mol. The Morgan fingerprint density at radius 2 is 2.25 bits per heavy atom. The molecule has 3 heterocycles. The molecular formula is C18H22FN5. The van der Waals surface area contributed by atoms with Crippen LogP contribution in [0.1, 0.15) is 50.4 Å². The van der Waals surface area contributed by atoms with E-state index < -0.39 is 0 Å². The van der Waals surface area contributed by atoms with Crippen LogP contribution in [-0.4, -0.2) is 31.0 Å². The number of nitrogens with zero attached hydrogens (tertiary/aromatic N) is 4. The van der Waals surface area contributed by atoms with Gasteiger partial charge in [0.25, 0.3) is 0 Å². The summed E-state index contributed by atoms with van der Waals surface area (Å²) in [6.45, 7) is 6.17. The van der Waals surface area contributed by atoms with Crippen molar-refractivity contribution in [2.24, 2.45) is 0 Å². The van der Waals surface area contributed by atoms with Gasteiger partial charge in [0.15, 0.2) is 0 Å². The summed E-state index contributed by atoms with van der Waals surface area (Å²) in [6.07, 6.45) is 6.10. The molecule has 1 fully saturated rings. The van der Waals surface area contributed by atoms with Gasteiger partial charge >= 0.3 is 0 Å². The van der Waals surface area contributed by atoms with E-state index in [0.29, 0.717) is 6.04 Å². The second-order valence-electron chi connectivity index (χ2n) is 6.76. The first-order valence-electron chi connectivity index (χ1n) is 8.53. The molecule has 1 aliphatic rings. The minimum Gasteiger partial charge on any atom is -0.341 e. The maximum atomic E-state index is 13.4. The Hall–Kier alpha value is -2.21. The summed E-state index contributed by atoms with van der Waals surface area (Å²) < 4.78 is 15.6. The highest BCUT2D eigenvalue weighted by Gasteiger charge is 2.29. The van der Waals surface area contributed by atoms with Gasteiger partial charge in [0.2, 0.25) is 0 Å². The molecule has 126 valence electrons. The second-order valence-corrected chi connectivity index (χ2v) is 6.76. The highest BCUT2D eigenvalue weighted by Crippen LogP contribution is 2.32. The van der Waals surface area contributed by atoms with Crippen molar-refractivity contribution in [3.63, 3.8) is 0 Å². The van der Waals surface area contributed by atoms with Gasteiger partial charge < -0.3 is 9.55 Å². The molecule has 0 aliphatic carbocycles. The number of aromatic nitrogens is 4. The molecule has 1 unspecified atom stereocenters. The van der Waals surface area contributed by atoms with Crippen LogP contribution in [0.15, 0.2) is 30.6 Å². The van der Waals surface area contributed by atoms with Crippen molar-refractivity contribution in [3.8, 4) is 0 Å². The molecule has 0 spiro atoms. The first kappa shape index (κ1) is 15.3. The topological polar surface area (TPSA) is 49.7 Å². The van der Waals surface area contributed by atoms with Gasteiger partial charge in [-0.25, -0.2) is 14.4 Å². The van der Waals surface area contributed by atoms with Crippen LogP contribution in [0.5, 0.6) is 0 Å². The SMILES string of the molecule is CC(C)n1ccnc1CN1CCCC1c1nc2ccc(F)cc2[nH]1. The van der Waals surface area contributed by atoms with Crippen molar-refractivity contribution >= 4 is 11.0 Å². The largest absolute Gasteiger partial charge is 0.341 e. The lowest BCUT2D eigenvalue weighted by Gasteiger charge is -2.23. The van der Waals surface area contributed by atoms with Gasteiger partial charge in [-0.05, 0) is 51.4 Å². The number of H-pyrrole nitrogens is 1. The van der Waals surface area contributed by atoms with Crippen molar-refractivity contribution in [2.45, 2.75) is 45.3 Å². The van der Waals surface area contributed by atoms with Crippen LogP contribution in [-0.2, 0) is 6.54 Å². The molecule has 5 nitrogen and oxygen atoms in total. The molecule has 1 N–H and O–H groups in total. The highest BCUT2D eigenvalue weighted by molar-refractivity contribution is 5.75. The minimum atomic E-state index is -0.236. The maximum Gasteiger partial charge on any atom is 0.125 e. The lowest BCUT2D eigenvalue weighted by atomic mass is 10.2. The molecule has 1 aliphatic heterocycles. The van der Waals surface area contributed by atoms with Gasteiger partial charge in [0.05, 0.1) is 23.6 Å². The third-order valence-corrected chi connectivity index (χ3v) is 4.79. The summed E-state index contributed by atoms with van der Waals surface area (Å²) in [7, 11) is 0. The van der Waals surface area contributed by atoms with Crippen molar-refractivity contribution in [2.75, 3.05) is 6.54 Å². The number of hydrogen-bond donors (Lipinski definition) is 1. The number of fused-ring (bicyclic) bond motifs is 1. The Bertz CT molecular complexity index is 850. The summed E-state index contributed by atoms with van der Waals surface area (Å²) in [5.41, 5.74) is 1.59. The molecule has 1 saturated heterocycles. The normalized spacial score (nSPS) is 18.9. The molecule has 6 heteroatoms. The summed E-state index contributed by atoms with van der Waals surface area (Å²) in [5.74, 6) is 1.77. The zero-order valence-corrected chi connectivity index (χ0v) is 14.0. The fourth-order valence-electron chi connectivity index (χ4n) is 3.60. The van der Waals surface area contributed by atoms with Crippen LogP contribution >= 0.6 is 0 Å². The van der Waals surface area contributed by atoms with E-state index >= 15 is 0 Å². The number of imidazole rings is 2. The molecule has 4 rings (SSSR count). The summed E-state index contributed by atoms with van der Waals surface area (Å²) in [4.78, 5) is 14.9. The Labute approximate surface area is 140 Å². The number of rotatable bonds is 4. The third kappa shape index (κ3) is 2.71. The number of likely N-dealkylation sites (tertiary alicyclic amines) is 1. The molecule has 0 radical (unpaired) electrons. The standard InChI is InChI=1S/C18H22FN5/c1-12(2)24-9-7-20-17(24)11-23-8-3-4-16(23)18-21-14-6-5-13(19)10-15(14)22-18/h5-7,9-10,12,16H,3-4,8,11H2,1-2H3,(H,21,22). The molecule has 1 aromatic carbocycles. The Kier molecular flexibility index (Phi) is 3.84. The van der Waals surface area contributed by atoms with Gasteiger partial charge in [-0.3, -0.25) is 4.90 Å². The summed E-state index contributed by atoms with van der Waals surface area (Å²) >= 11 is 0. The van der Waals surface area contributed by atoms with E-state index in [9.17, 15) is 4.39 Å². The van der Waals surface area contributed by atoms with Crippen LogP contribution in [0.4, 0.5) is 4.39 Å². The van der Waals surface area contributed by atoms with Crippen LogP contribution in [0.2, 0.25) is 0 Å².